The highest BCUT2D eigenvalue weighted by Crippen LogP contribution is 2.22. The molecule has 0 amide bonds. The zero-order chi connectivity index (χ0) is 17.1. The van der Waals surface area contributed by atoms with Gasteiger partial charge in [0.05, 0.1) is 12.7 Å². The fraction of sp³-hybridized carbons (Fsp3) is 0.647. The van der Waals surface area contributed by atoms with E-state index in [1.807, 2.05) is 10.9 Å². The van der Waals surface area contributed by atoms with Crippen molar-refractivity contribution in [2.24, 2.45) is 0 Å². The number of nitrogens with zero attached hydrogens (tertiary/aromatic N) is 8. The molecule has 0 aromatic carbocycles. The molecular formula is C17H26N8. The van der Waals surface area contributed by atoms with Crippen molar-refractivity contribution in [2.45, 2.75) is 26.3 Å². The summed E-state index contributed by atoms with van der Waals surface area (Å²) in [6.07, 6.45) is 6.17. The topological polar surface area (TPSA) is 66.2 Å². The summed E-state index contributed by atoms with van der Waals surface area (Å²) in [7, 11) is 0. The van der Waals surface area contributed by atoms with Crippen molar-refractivity contribution in [3.8, 4) is 0 Å². The van der Waals surface area contributed by atoms with E-state index in [1.54, 1.807) is 6.20 Å². The summed E-state index contributed by atoms with van der Waals surface area (Å²) in [5.74, 6) is 1.98. The molecule has 2 aliphatic heterocycles. The number of hydrogen-bond donors (Lipinski definition) is 0. The van der Waals surface area contributed by atoms with Gasteiger partial charge in [0.25, 0.3) is 0 Å². The SMILES string of the molecule is Cc1cc(N2CCCC2)nc(N2CCN(CCn3ccnn3)CC2)n1. The van der Waals surface area contributed by atoms with Gasteiger partial charge in [-0.15, -0.1) is 5.10 Å². The average molecular weight is 342 g/mol. The lowest BCUT2D eigenvalue weighted by atomic mass is 10.3. The van der Waals surface area contributed by atoms with Crippen molar-refractivity contribution < 1.29 is 0 Å². The van der Waals surface area contributed by atoms with E-state index >= 15 is 0 Å². The van der Waals surface area contributed by atoms with Crippen molar-refractivity contribution in [3.63, 3.8) is 0 Å². The zero-order valence-electron chi connectivity index (χ0n) is 14.9. The minimum atomic E-state index is 0.887. The fourth-order valence-corrected chi connectivity index (χ4v) is 3.55. The van der Waals surface area contributed by atoms with Gasteiger partial charge < -0.3 is 9.80 Å². The van der Waals surface area contributed by atoms with Gasteiger partial charge >= 0.3 is 0 Å². The highest BCUT2D eigenvalue weighted by molar-refractivity contribution is 5.46. The third-order valence-corrected chi connectivity index (χ3v) is 5.03. The van der Waals surface area contributed by atoms with E-state index < -0.39 is 0 Å². The maximum absolute atomic E-state index is 4.85. The van der Waals surface area contributed by atoms with Crippen LogP contribution in [0, 0.1) is 6.92 Å². The highest BCUT2D eigenvalue weighted by atomic mass is 15.4. The quantitative estimate of drug-likeness (QED) is 0.796. The molecule has 0 bridgehead atoms. The lowest BCUT2D eigenvalue weighted by Gasteiger charge is -2.35. The van der Waals surface area contributed by atoms with Gasteiger partial charge in [-0.05, 0) is 19.8 Å². The van der Waals surface area contributed by atoms with E-state index in [-0.39, 0.29) is 0 Å². The van der Waals surface area contributed by atoms with E-state index in [9.17, 15) is 0 Å². The van der Waals surface area contributed by atoms with Gasteiger partial charge in [-0.3, -0.25) is 9.58 Å². The second-order valence-corrected chi connectivity index (χ2v) is 6.86. The van der Waals surface area contributed by atoms with Crippen LogP contribution in [0.5, 0.6) is 0 Å². The van der Waals surface area contributed by atoms with Crippen molar-refractivity contribution in [2.75, 3.05) is 55.6 Å². The van der Waals surface area contributed by atoms with Gasteiger partial charge in [0, 0.05) is 63.8 Å². The van der Waals surface area contributed by atoms with Crippen molar-refractivity contribution in [3.05, 3.63) is 24.2 Å². The molecule has 2 aromatic heterocycles. The number of aromatic nitrogens is 5. The minimum Gasteiger partial charge on any atom is -0.356 e. The van der Waals surface area contributed by atoms with Crippen LogP contribution in [0.25, 0.3) is 0 Å². The van der Waals surface area contributed by atoms with Crippen LogP contribution < -0.4 is 9.80 Å². The summed E-state index contributed by atoms with van der Waals surface area (Å²) in [5.41, 5.74) is 1.06. The van der Waals surface area contributed by atoms with E-state index in [0.29, 0.717) is 0 Å². The second kappa shape index (κ2) is 7.35. The highest BCUT2D eigenvalue weighted by Gasteiger charge is 2.21. The molecule has 0 spiro atoms. The van der Waals surface area contributed by atoms with E-state index in [0.717, 1.165) is 69.8 Å². The number of hydrogen-bond acceptors (Lipinski definition) is 7. The van der Waals surface area contributed by atoms with Crippen molar-refractivity contribution >= 4 is 11.8 Å². The second-order valence-electron chi connectivity index (χ2n) is 6.86. The first-order valence-electron chi connectivity index (χ1n) is 9.20. The lowest BCUT2D eigenvalue weighted by molar-refractivity contribution is 0.242. The van der Waals surface area contributed by atoms with Crippen LogP contribution in [0.4, 0.5) is 11.8 Å². The fourth-order valence-electron chi connectivity index (χ4n) is 3.55. The third-order valence-electron chi connectivity index (χ3n) is 5.03. The molecular weight excluding hydrogens is 316 g/mol. The first-order valence-corrected chi connectivity index (χ1v) is 9.20. The van der Waals surface area contributed by atoms with Crippen LogP contribution >= 0.6 is 0 Å². The normalized spacial score (nSPS) is 18.9. The molecule has 4 heterocycles. The molecule has 2 aromatic rings. The Hall–Kier alpha value is -2.22. The predicted octanol–water partition coefficient (Wildman–Crippen LogP) is 0.799. The molecule has 4 rings (SSSR count). The Morgan fingerprint density at radius 1 is 0.920 bits per heavy atom. The Kier molecular flexibility index (Phi) is 4.78. The first kappa shape index (κ1) is 16.3. The Morgan fingerprint density at radius 2 is 1.72 bits per heavy atom. The van der Waals surface area contributed by atoms with Crippen molar-refractivity contribution in [1.29, 1.82) is 0 Å². The molecule has 134 valence electrons. The summed E-state index contributed by atoms with van der Waals surface area (Å²) in [6, 6.07) is 2.11. The van der Waals surface area contributed by atoms with Crippen molar-refractivity contribution in [1.82, 2.24) is 29.9 Å². The van der Waals surface area contributed by atoms with Gasteiger partial charge in [0.15, 0.2) is 0 Å². The molecule has 0 radical (unpaired) electrons. The summed E-state index contributed by atoms with van der Waals surface area (Å²) < 4.78 is 1.89. The van der Waals surface area contributed by atoms with Gasteiger partial charge in [0.2, 0.25) is 5.95 Å². The summed E-state index contributed by atoms with van der Waals surface area (Å²) in [4.78, 5) is 16.7. The largest absolute Gasteiger partial charge is 0.356 e. The average Bonchev–Trinajstić information content (AvgIpc) is 3.33. The Labute approximate surface area is 148 Å². The lowest BCUT2D eigenvalue weighted by Crippen LogP contribution is -2.48. The number of aryl methyl sites for hydroxylation is 1. The molecule has 2 fully saturated rings. The van der Waals surface area contributed by atoms with Crippen LogP contribution in [-0.2, 0) is 6.54 Å². The molecule has 0 aliphatic carbocycles. The number of rotatable bonds is 5. The first-order chi connectivity index (χ1) is 12.3. The zero-order valence-corrected chi connectivity index (χ0v) is 14.9. The number of piperazine rings is 1. The van der Waals surface area contributed by atoms with Crippen LogP contribution in [0.15, 0.2) is 18.5 Å². The Morgan fingerprint density at radius 3 is 2.44 bits per heavy atom. The summed E-state index contributed by atoms with van der Waals surface area (Å²) in [6.45, 7) is 10.2. The molecule has 0 saturated carbocycles. The van der Waals surface area contributed by atoms with Crippen LogP contribution in [0.1, 0.15) is 18.5 Å². The molecule has 2 aliphatic rings. The molecule has 8 nitrogen and oxygen atoms in total. The molecule has 25 heavy (non-hydrogen) atoms. The van der Waals surface area contributed by atoms with Crippen LogP contribution in [0.3, 0.4) is 0 Å². The van der Waals surface area contributed by atoms with Crippen LogP contribution in [-0.4, -0.2) is 75.7 Å². The molecule has 8 heteroatoms. The standard InChI is InChI=1S/C17H26N8/c1-15-14-16(23-5-2-3-6-23)20-17(19-15)24-11-8-22(9-12-24)10-13-25-7-4-18-21-25/h4,7,14H,2-3,5-6,8-13H2,1H3. The Bertz CT molecular complexity index is 672. The number of anilines is 2. The smallest absolute Gasteiger partial charge is 0.227 e. The van der Waals surface area contributed by atoms with E-state index in [2.05, 4.69) is 43.0 Å². The third kappa shape index (κ3) is 3.89. The van der Waals surface area contributed by atoms with Gasteiger partial charge in [-0.1, -0.05) is 5.21 Å². The van der Waals surface area contributed by atoms with Gasteiger partial charge in [0.1, 0.15) is 5.82 Å². The Balaban J connectivity index is 1.35. The minimum absolute atomic E-state index is 0.887. The molecule has 0 unspecified atom stereocenters. The maximum atomic E-state index is 4.85. The summed E-state index contributed by atoms with van der Waals surface area (Å²) >= 11 is 0. The molecule has 0 N–H and O–H groups in total. The van der Waals surface area contributed by atoms with Gasteiger partial charge in [-0.25, -0.2) is 4.98 Å². The monoisotopic (exact) mass is 342 g/mol. The van der Waals surface area contributed by atoms with E-state index in [4.69, 9.17) is 4.98 Å². The predicted molar refractivity (Wildman–Crippen MR) is 96.9 cm³/mol. The summed E-state index contributed by atoms with van der Waals surface area (Å²) in [5, 5.41) is 7.88. The molecule has 0 atom stereocenters. The maximum Gasteiger partial charge on any atom is 0.227 e. The van der Waals surface area contributed by atoms with E-state index in [1.165, 1.54) is 12.8 Å². The van der Waals surface area contributed by atoms with Gasteiger partial charge in [-0.2, -0.15) is 4.98 Å². The van der Waals surface area contributed by atoms with Crippen LogP contribution in [0.2, 0.25) is 0 Å². The molecule has 2 saturated heterocycles.